The number of benzene rings is 1. The van der Waals surface area contributed by atoms with Crippen LogP contribution >= 0.6 is 23.2 Å². The van der Waals surface area contributed by atoms with Gasteiger partial charge in [-0.3, -0.25) is 0 Å². The topological polar surface area (TPSA) is 91.8 Å². The van der Waals surface area contributed by atoms with Crippen LogP contribution in [0.1, 0.15) is 29.7 Å². The molecule has 0 aliphatic carbocycles. The predicted octanol–water partition coefficient (Wildman–Crippen LogP) is 3.51. The van der Waals surface area contributed by atoms with E-state index in [9.17, 15) is 9.59 Å². The molecule has 2 N–H and O–H groups in total. The average Bonchev–Trinajstić information content (AvgIpc) is 2.53. The molecule has 0 unspecified atom stereocenters. The Morgan fingerprint density at radius 1 is 1.27 bits per heavy atom. The van der Waals surface area contributed by atoms with Crippen molar-refractivity contribution in [3.05, 3.63) is 73.1 Å². The number of rotatable bonds is 3. The Kier molecular flexibility index (Phi) is 4.98. The van der Waals surface area contributed by atoms with E-state index in [0.29, 0.717) is 11.3 Å². The maximum atomic E-state index is 12.6. The van der Waals surface area contributed by atoms with Gasteiger partial charge >= 0.3 is 11.6 Å². The highest BCUT2D eigenvalue weighted by Gasteiger charge is 2.40. The molecule has 0 amide bonds. The Hall–Kier alpha value is -2.44. The molecule has 8 heteroatoms. The van der Waals surface area contributed by atoms with E-state index in [0.717, 1.165) is 0 Å². The molecule has 0 spiro atoms. The van der Waals surface area contributed by atoms with Crippen LogP contribution < -0.4 is 16.1 Å². The summed E-state index contributed by atoms with van der Waals surface area (Å²) in [6.45, 7) is 3.37. The highest BCUT2D eigenvalue weighted by atomic mass is 35.5. The number of hydrogen-bond acceptors (Lipinski definition) is 6. The number of esters is 1. The molecule has 2 heterocycles. The van der Waals surface area contributed by atoms with E-state index in [1.807, 2.05) is 0 Å². The number of carbonyl (C=O) groups excluding carboxylic acids is 1. The molecule has 0 radical (unpaired) electrons. The van der Waals surface area contributed by atoms with E-state index in [-0.39, 0.29) is 39.4 Å². The second-order valence-electron chi connectivity index (χ2n) is 5.59. The molecule has 136 valence electrons. The summed E-state index contributed by atoms with van der Waals surface area (Å²) in [5.41, 5.74) is 5.70. The van der Waals surface area contributed by atoms with Gasteiger partial charge in [0.2, 0.25) is 5.88 Å². The van der Waals surface area contributed by atoms with Crippen LogP contribution in [0.3, 0.4) is 0 Å². The first-order valence-corrected chi connectivity index (χ1v) is 8.53. The molecule has 1 aliphatic rings. The van der Waals surface area contributed by atoms with Crippen LogP contribution in [0.4, 0.5) is 0 Å². The summed E-state index contributed by atoms with van der Waals surface area (Å²) in [5.74, 6) is -1.36. The largest absolute Gasteiger partial charge is 0.462 e. The molecule has 0 saturated heterocycles. The lowest BCUT2D eigenvalue weighted by molar-refractivity contribution is -0.139. The number of aryl methyl sites for hydroxylation is 1. The minimum atomic E-state index is -0.976. The summed E-state index contributed by atoms with van der Waals surface area (Å²) in [7, 11) is 0. The van der Waals surface area contributed by atoms with E-state index in [4.69, 9.17) is 42.8 Å². The number of carbonyl (C=O) groups is 1. The second-order valence-corrected chi connectivity index (χ2v) is 6.41. The molecule has 0 fully saturated rings. The molecule has 0 saturated carbocycles. The molecule has 6 nitrogen and oxygen atoms in total. The number of fused-ring (bicyclic) bond motifs is 1. The van der Waals surface area contributed by atoms with Gasteiger partial charge in [-0.2, -0.15) is 0 Å². The summed E-state index contributed by atoms with van der Waals surface area (Å²) >= 11 is 12.7. The van der Waals surface area contributed by atoms with Gasteiger partial charge in [0.05, 0.1) is 18.1 Å². The fourth-order valence-electron chi connectivity index (χ4n) is 2.90. The highest BCUT2D eigenvalue weighted by molar-refractivity contribution is 6.36. The van der Waals surface area contributed by atoms with E-state index in [1.165, 1.54) is 6.07 Å². The van der Waals surface area contributed by atoms with Crippen molar-refractivity contribution in [3.8, 4) is 5.75 Å². The van der Waals surface area contributed by atoms with Crippen molar-refractivity contribution < 1.29 is 18.7 Å². The van der Waals surface area contributed by atoms with Crippen LogP contribution in [0.2, 0.25) is 10.0 Å². The molecule has 0 bridgehead atoms. The lowest BCUT2D eigenvalue weighted by Crippen LogP contribution is -2.31. The van der Waals surface area contributed by atoms with Crippen LogP contribution in [0.5, 0.6) is 5.75 Å². The van der Waals surface area contributed by atoms with E-state index in [1.54, 1.807) is 32.0 Å². The van der Waals surface area contributed by atoms with Crippen molar-refractivity contribution in [2.75, 3.05) is 6.61 Å². The zero-order valence-electron chi connectivity index (χ0n) is 14.0. The van der Waals surface area contributed by atoms with Gasteiger partial charge in [-0.1, -0.05) is 29.3 Å². The third-order valence-corrected chi connectivity index (χ3v) is 4.58. The Morgan fingerprint density at radius 3 is 2.54 bits per heavy atom. The third-order valence-electron chi connectivity index (χ3n) is 3.92. The zero-order valence-corrected chi connectivity index (χ0v) is 15.5. The predicted molar refractivity (Wildman–Crippen MR) is 96.5 cm³/mol. The monoisotopic (exact) mass is 395 g/mol. The number of hydrogen-bond donors (Lipinski definition) is 1. The van der Waals surface area contributed by atoms with Crippen molar-refractivity contribution in [3.63, 3.8) is 0 Å². The number of halogens is 2. The van der Waals surface area contributed by atoms with Gasteiger partial charge in [-0.25, -0.2) is 9.59 Å². The zero-order chi connectivity index (χ0) is 19.0. The molecular weight excluding hydrogens is 381 g/mol. The van der Waals surface area contributed by atoms with Crippen LogP contribution in [0.25, 0.3) is 0 Å². The van der Waals surface area contributed by atoms with Gasteiger partial charge in [0.25, 0.3) is 0 Å². The summed E-state index contributed by atoms with van der Waals surface area (Å²) in [4.78, 5) is 25.1. The fourth-order valence-corrected chi connectivity index (χ4v) is 3.52. The quantitative estimate of drug-likeness (QED) is 0.799. The minimum Gasteiger partial charge on any atom is -0.462 e. The Bertz CT molecular complexity index is 960. The van der Waals surface area contributed by atoms with Crippen molar-refractivity contribution in [2.24, 2.45) is 5.73 Å². The molecular formula is C18H15Cl2NO5. The third kappa shape index (κ3) is 3.06. The molecule has 26 heavy (non-hydrogen) atoms. The Labute approximate surface area is 159 Å². The van der Waals surface area contributed by atoms with Gasteiger partial charge in [0.15, 0.2) is 0 Å². The molecule has 1 aromatic carbocycles. The molecule has 1 aromatic heterocycles. The normalized spacial score (nSPS) is 16.1. The SMILES string of the molecule is CCOC(=O)C1=C(N)Oc2cc(C)oc(=O)c2[C@H]1c1c(Cl)cccc1Cl. The van der Waals surface area contributed by atoms with E-state index < -0.39 is 17.5 Å². The summed E-state index contributed by atoms with van der Waals surface area (Å²) < 4.78 is 15.8. The lowest BCUT2D eigenvalue weighted by Gasteiger charge is -2.28. The van der Waals surface area contributed by atoms with Gasteiger partial charge < -0.3 is 19.6 Å². The standard InChI is InChI=1S/C18H15Cl2NO5/c1-3-24-17(22)15-14(12-9(19)5-4-6-10(12)20)13-11(26-16(15)21)7-8(2)25-18(13)23/h4-7,14H,3,21H2,1-2H3/t14-/m1/s1. The molecule has 2 aromatic rings. The summed E-state index contributed by atoms with van der Waals surface area (Å²) in [6.07, 6.45) is 0. The van der Waals surface area contributed by atoms with Crippen LogP contribution in [0, 0.1) is 6.92 Å². The summed E-state index contributed by atoms with van der Waals surface area (Å²) in [5, 5.41) is 0.537. The Balaban J connectivity index is 2.35. The van der Waals surface area contributed by atoms with Crippen molar-refractivity contribution in [1.29, 1.82) is 0 Å². The number of nitrogens with two attached hydrogens (primary N) is 1. The molecule has 3 rings (SSSR count). The van der Waals surface area contributed by atoms with E-state index in [2.05, 4.69) is 0 Å². The first-order valence-electron chi connectivity index (χ1n) is 7.78. The molecule has 1 aliphatic heterocycles. The van der Waals surface area contributed by atoms with Gasteiger partial charge in [0, 0.05) is 21.7 Å². The summed E-state index contributed by atoms with van der Waals surface area (Å²) in [6, 6.07) is 6.38. The van der Waals surface area contributed by atoms with Crippen LogP contribution in [-0.2, 0) is 9.53 Å². The smallest absolute Gasteiger partial charge is 0.343 e. The maximum absolute atomic E-state index is 12.6. The molecule has 1 atom stereocenters. The fraction of sp³-hybridized carbons (Fsp3) is 0.222. The maximum Gasteiger partial charge on any atom is 0.343 e. The second kappa shape index (κ2) is 7.05. The first-order chi connectivity index (χ1) is 12.3. The van der Waals surface area contributed by atoms with Crippen molar-refractivity contribution in [1.82, 2.24) is 0 Å². The number of ether oxygens (including phenoxy) is 2. The van der Waals surface area contributed by atoms with Crippen molar-refractivity contribution in [2.45, 2.75) is 19.8 Å². The van der Waals surface area contributed by atoms with Crippen LogP contribution in [0.15, 0.2) is 44.9 Å². The first kappa shape index (κ1) is 18.4. The van der Waals surface area contributed by atoms with Gasteiger partial charge in [-0.05, 0) is 26.0 Å². The minimum absolute atomic E-state index is 0.0505. The lowest BCUT2D eigenvalue weighted by atomic mass is 9.83. The van der Waals surface area contributed by atoms with Gasteiger partial charge in [-0.15, -0.1) is 0 Å². The highest BCUT2D eigenvalue weighted by Crippen LogP contribution is 2.45. The van der Waals surface area contributed by atoms with Crippen molar-refractivity contribution >= 4 is 29.2 Å². The Morgan fingerprint density at radius 2 is 1.92 bits per heavy atom. The van der Waals surface area contributed by atoms with Gasteiger partial charge in [0.1, 0.15) is 17.1 Å². The van der Waals surface area contributed by atoms with E-state index >= 15 is 0 Å². The average molecular weight is 396 g/mol. The van der Waals surface area contributed by atoms with Crippen LogP contribution in [-0.4, -0.2) is 12.6 Å².